The third-order valence-corrected chi connectivity index (χ3v) is 4.97. The lowest BCUT2D eigenvalue weighted by molar-refractivity contribution is 0.0701. The van der Waals surface area contributed by atoms with Crippen molar-refractivity contribution >= 4 is 46.0 Å². The molecule has 140 valence electrons. The summed E-state index contributed by atoms with van der Waals surface area (Å²) in [6.07, 6.45) is 4.50. The van der Waals surface area contributed by atoms with Crippen LogP contribution in [0.15, 0.2) is 29.2 Å². The third-order valence-electron chi connectivity index (χ3n) is 3.65. The summed E-state index contributed by atoms with van der Waals surface area (Å²) in [6, 6.07) is 5.44. The van der Waals surface area contributed by atoms with Crippen LogP contribution in [0.5, 0.6) is 11.5 Å². The first-order valence-corrected chi connectivity index (χ1v) is 9.08. The van der Waals surface area contributed by atoms with Crippen molar-refractivity contribution in [2.45, 2.75) is 6.92 Å². The van der Waals surface area contributed by atoms with Crippen LogP contribution in [0.1, 0.15) is 27.9 Å². The largest absolute Gasteiger partial charge is 0.492 e. The number of rotatable bonds is 6. The van der Waals surface area contributed by atoms with Gasteiger partial charge in [0.2, 0.25) is 0 Å². The molecule has 2 heterocycles. The van der Waals surface area contributed by atoms with E-state index >= 15 is 0 Å². The van der Waals surface area contributed by atoms with Gasteiger partial charge in [-0.3, -0.25) is 9.20 Å². The quantitative estimate of drug-likeness (QED) is 0.671. The molecule has 0 aliphatic heterocycles. The van der Waals surface area contributed by atoms with E-state index < -0.39 is 11.5 Å². The second-order valence-electron chi connectivity index (χ2n) is 5.31. The van der Waals surface area contributed by atoms with E-state index in [-0.39, 0.29) is 20.6 Å². The molecule has 3 aromatic rings. The Morgan fingerprint density at radius 1 is 1.41 bits per heavy atom. The number of halogens is 1. The van der Waals surface area contributed by atoms with Gasteiger partial charge in [-0.1, -0.05) is 35.1 Å². The standard InChI is InChI=1S/C18H15ClN2O5S/c1-3-26-12-6-4-5-10(15(12)25-2)7-8-11-14(19)16(22)21-9-13(17(23)24)27-18(21)20-11/h4-9H,3H2,1-2H3,(H,23,24). The minimum Gasteiger partial charge on any atom is -0.492 e. The number of benzene rings is 1. The van der Waals surface area contributed by atoms with Gasteiger partial charge < -0.3 is 14.6 Å². The van der Waals surface area contributed by atoms with E-state index in [4.69, 9.17) is 26.2 Å². The molecule has 27 heavy (non-hydrogen) atoms. The highest BCUT2D eigenvalue weighted by Crippen LogP contribution is 2.32. The highest BCUT2D eigenvalue weighted by Gasteiger charge is 2.15. The Kier molecular flexibility index (Phi) is 5.48. The van der Waals surface area contributed by atoms with Gasteiger partial charge in [-0.05, 0) is 25.1 Å². The van der Waals surface area contributed by atoms with Gasteiger partial charge in [-0.15, -0.1) is 0 Å². The van der Waals surface area contributed by atoms with Crippen LogP contribution in [0.3, 0.4) is 0 Å². The van der Waals surface area contributed by atoms with Crippen LogP contribution >= 0.6 is 22.9 Å². The Morgan fingerprint density at radius 2 is 2.19 bits per heavy atom. The molecule has 0 atom stereocenters. The summed E-state index contributed by atoms with van der Waals surface area (Å²) in [6.45, 7) is 2.37. The molecule has 0 spiro atoms. The maximum Gasteiger partial charge on any atom is 0.347 e. The van der Waals surface area contributed by atoms with Gasteiger partial charge in [0.1, 0.15) is 9.90 Å². The number of ether oxygens (including phenoxy) is 2. The maximum absolute atomic E-state index is 12.4. The van der Waals surface area contributed by atoms with Crippen LogP contribution < -0.4 is 15.0 Å². The number of carboxylic acids is 1. The number of aromatic carboxylic acids is 1. The van der Waals surface area contributed by atoms with Crippen LogP contribution in [-0.2, 0) is 0 Å². The van der Waals surface area contributed by atoms with E-state index in [9.17, 15) is 9.59 Å². The number of hydrogen-bond acceptors (Lipinski definition) is 6. The highest BCUT2D eigenvalue weighted by atomic mass is 35.5. The van der Waals surface area contributed by atoms with E-state index in [0.29, 0.717) is 18.1 Å². The molecular weight excluding hydrogens is 392 g/mol. The minimum absolute atomic E-state index is 0.00267. The van der Waals surface area contributed by atoms with Gasteiger partial charge >= 0.3 is 5.97 Å². The van der Waals surface area contributed by atoms with Gasteiger partial charge in [0.05, 0.1) is 19.4 Å². The van der Waals surface area contributed by atoms with Crippen LogP contribution in [0.4, 0.5) is 0 Å². The number of thiazole rings is 1. The smallest absolute Gasteiger partial charge is 0.347 e. The van der Waals surface area contributed by atoms with E-state index in [0.717, 1.165) is 21.3 Å². The lowest BCUT2D eigenvalue weighted by Gasteiger charge is -2.11. The SMILES string of the molecule is CCOc1cccc(C=Cc2nc3sc(C(=O)O)cn3c(=O)c2Cl)c1OC. The molecule has 0 unspecified atom stereocenters. The number of aromatic nitrogens is 2. The van der Waals surface area contributed by atoms with Crippen molar-refractivity contribution in [2.75, 3.05) is 13.7 Å². The van der Waals surface area contributed by atoms with Crippen molar-refractivity contribution in [2.24, 2.45) is 0 Å². The predicted molar refractivity (Wildman–Crippen MR) is 104 cm³/mol. The zero-order valence-corrected chi connectivity index (χ0v) is 16.0. The van der Waals surface area contributed by atoms with E-state index in [1.165, 1.54) is 13.3 Å². The molecule has 0 bridgehead atoms. The summed E-state index contributed by atoms with van der Waals surface area (Å²) in [5.41, 5.74) is 0.434. The molecule has 0 fully saturated rings. The topological polar surface area (TPSA) is 90.1 Å². The first kappa shape index (κ1) is 18.9. The third kappa shape index (κ3) is 3.67. The molecule has 0 radical (unpaired) electrons. The molecule has 0 aliphatic rings. The highest BCUT2D eigenvalue weighted by molar-refractivity contribution is 7.18. The summed E-state index contributed by atoms with van der Waals surface area (Å²) in [4.78, 5) is 28.0. The number of nitrogens with zero attached hydrogens (tertiary/aromatic N) is 2. The molecule has 9 heteroatoms. The summed E-state index contributed by atoms with van der Waals surface area (Å²) in [5, 5.41) is 8.99. The number of carbonyl (C=O) groups is 1. The molecule has 0 saturated heterocycles. The Balaban J connectivity index is 2.07. The van der Waals surface area contributed by atoms with Crippen LogP contribution in [0, 0.1) is 0 Å². The first-order valence-electron chi connectivity index (χ1n) is 7.89. The maximum atomic E-state index is 12.4. The molecule has 3 rings (SSSR count). The van der Waals surface area contributed by atoms with Gasteiger partial charge in [-0.2, -0.15) is 0 Å². The zero-order chi connectivity index (χ0) is 19.6. The van der Waals surface area contributed by atoms with Crippen LogP contribution in [0.2, 0.25) is 5.02 Å². The molecular formula is C18H15ClN2O5S. The molecule has 7 nitrogen and oxygen atoms in total. The second kappa shape index (κ2) is 7.81. The number of para-hydroxylation sites is 1. The summed E-state index contributed by atoms with van der Waals surface area (Å²) >= 11 is 7.03. The minimum atomic E-state index is -1.13. The molecule has 1 N–H and O–H groups in total. The molecule has 2 aromatic heterocycles. The van der Waals surface area contributed by atoms with Crippen LogP contribution in [-0.4, -0.2) is 34.2 Å². The lowest BCUT2D eigenvalue weighted by Crippen LogP contribution is -2.14. The summed E-state index contributed by atoms with van der Waals surface area (Å²) < 4.78 is 12.1. The van der Waals surface area contributed by atoms with Crippen LogP contribution in [0.25, 0.3) is 17.1 Å². The normalized spacial score (nSPS) is 11.2. The Labute approximate surface area is 163 Å². The second-order valence-corrected chi connectivity index (χ2v) is 6.70. The van der Waals surface area contributed by atoms with Crippen molar-refractivity contribution in [1.82, 2.24) is 9.38 Å². The van der Waals surface area contributed by atoms with E-state index in [2.05, 4.69) is 4.98 Å². The van der Waals surface area contributed by atoms with Crippen molar-refractivity contribution < 1.29 is 19.4 Å². The van der Waals surface area contributed by atoms with Gasteiger partial charge in [0.25, 0.3) is 5.56 Å². The fourth-order valence-corrected chi connectivity index (χ4v) is 3.48. The average Bonchev–Trinajstić information content (AvgIpc) is 3.08. The Morgan fingerprint density at radius 3 is 2.85 bits per heavy atom. The average molecular weight is 407 g/mol. The molecule has 0 saturated carbocycles. The Hall–Kier alpha value is -2.84. The van der Waals surface area contributed by atoms with Crippen molar-refractivity contribution in [3.63, 3.8) is 0 Å². The number of methoxy groups -OCH3 is 1. The molecule has 1 aromatic carbocycles. The fourth-order valence-electron chi connectivity index (χ4n) is 2.47. The summed E-state index contributed by atoms with van der Waals surface area (Å²) in [7, 11) is 1.54. The van der Waals surface area contributed by atoms with Gasteiger partial charge in [0, 0.05) is 11.8 Å². The fraction of sp³-hybridized carbons (Fsp3) is 0.167. The molecule has 0 aliphatic carbocycles. The van der Waals surface area contributed by atoms with E-state index in [1.807, 2.05) is 19.1 Å². The molecule has 0 amide bonds. The van der Waals surface area contributed by atoms with Gasteiger partial charge in [0.15, 0.2) is 16.5 Å². The monoisotopic (exact) mass is 406 g/mol. The number of hydrogen-bond donors (Lipinski definition) is 1. The van der Waals surface area contributed by atoms with E-state index in [1.54, 1.807) is 18.2 Å². The lowest BCUT2D eigenvalue weighted by atomic mass is 10.1. The van der Waals surface area contributed by atoms with Crippen molar-refractivity contribution in [3.8, 4) is 11.5 Å². The summed E-state index contributed by atoms with van der Waals surface area (Å²) in [5.74, 6) is 0.0190. The predicted octanol–water partition coefficient (Wildman–Crippen LogP) is 3.69. The number of carboxylic acid groups (broad SMARTS) is 1. The number of fused-ring (bicyclic) bond motifs is 1. The Bertz CT molecular complexity index is 1100. The first-order chi connectivity index (χ1) is 13.0. The van der Waals surface area contributed by atoms with Gasteiger partial charge in [-0.25, -0.2) is 9.78 Å². The van der Waals surface area contributed by atoms with Crippen molar-refractivity contribution in [3.05, 3.63) is 55.9 Å². The zero-order valence-electron chi connectivity index (χ0n) is 14.4. The van der Waals surface area contributed by atoms with Crippen molar-refractivity contribution in [1.29, 1.82) is 0 Å².